The lowest BCUT2D eigenvalue weighted by Gasteiger charge is -2.19. The summed E-state index contributed by atoms with van der Waals surface area (Å²) in [6.45, 7) is 0. The molecule has 1 aliphatic carbocycles. The number of rotatable bonds is 4. The van der Waals surface area contributed by atoms with E-state index in [0.29, 0.717) is 0 Å². The molecule has 1 atom stereocenters. The highest BCUT2D eigenvalue weighted by Crippen LogP contribution is 2.30. The summed E-state index contributed by atoms with van der Waals surface area (Å²) in [5.74, 6) is 0.618. The van der Waals surface area contributed by atoms with Crippen molar-refractivity contribution in [3.05, 3.63) is 53.9 Å². The van der Waals surface area contributed by atoms with E-state index in [9.17, 15) is 9.18 Å². The van der Waals surface area contributed by atoms with Gasteiger partial charge in [-0.15, -0.1) is 0 Å². The molecule has 104 valence electrons. The molecule has 2 aromatic rings. The minimum absolute atomic E-state index is 0.0438. The summed E-state index contributed by atoms with van der Waals surface area (Å²) in [5, 5.41) is 3.01. The van der Waals surface area contributed by atoms with Crippen LogP contribution in [0.4, 0.5) is 4.39 Å². The van der Waals surface area contributed by atoms with Gasteiger partial charge in [-0.2, -0.15) is 0 Å². The van der Waals surface area contributed by atoms with Gasteiger partial charge in [-0.05, 0) is 30.5 Å². The van der Waals surface area contributed by atoms with Gasteiger partial charge in [0, 0.05) is 25.4 Å². The van der Waals surface area contributed by atoms with E-state index in [0.717, 1.165) is 24.2 Å². The number of nitrogens with zero attached hydrogens (tertiary/aromatic N) is 2. The van der Waals surface area contributed by atoms with E-state index in [1.165, 1.54) is 12.1 Å². The molecule has 1 amide bonds. The number of hydrogen-bond donors (Lipinski definition) is 1. The van der Waals surface area contributed by atoms with Gasteiger partial charge in [-0.1, -0.05) is 12.1 Å². The highest BCUT2D eigenvalue weighted by atomic mass is 19.1. The number of carbonyl (C=O) groups is 1. The number of halogens is 1. The summed E-state index contributed by atoms with van der Waals surface area (Å²) in [7, 11) is 1.88. The fourth-order valence-corrected chi connectivity index (χ4v) is 2.21. The normalized spacial score (nSPS) is 15.9. The van der Waals surface area contributed by atoms with Gasteiger partial charge in [-0.3, -0.25) is 4.79 Å². The van der Waals surface area contributed by atoms with Gasteiger partial charge < -0.3 is 9.88 Å². The van der Waals surface area contributed by atoms with Gasteiger partial charge in [0.25, 0.3) is 0 Å². The molecule has 4 nitrogen and oxygen atoms in total. The second-order valence-electron chi connectivity index (χ2n) is 5.16. The number of hydrogen-bond acceptors (Lipinski definition) is 2. The zero-order valence-corrected chi connectivity index (χ0v) is 11.2. The van der Waals surface area contributed by atoms with Crippen LogP contribution in [0.3, 0.4) is 0 Å². The molecule has 1 saturated carbocycles. The third kappa shape index (κ3) is 2.57. The Kier molecular flexibility index (Phi) is 3.26. The lowest BCUT2D eigenvalue weighted by molar-refractivity contribution is -0.122. The maximum Gasteiger partial charge on any atom is 0.223 e. The number of amides is 1. The van der Waals surface area contributed by atoms with Crippen LogP contribution in [0.1, 0.15) is 30.3 Å². The van der Waals surface area contributed by atoms with Gasteiger partial charge in [0.2, 0.25) is 5.91 Å². The predicted octanol–water partition coefficient (Wildman–Crippen LogP) is 2.17. The SMILES string of the molecule is Cn1ccnc1[C@H](NC(=O)C1CC1)c1ccc(F)cc1. The van der Waals surface area contributed by atoms with Crippen molar-refractivity contribution in [3.8, 4) is 0 Å². The summed E-state index contributed by atoms with van der Waals surface area (Å²) in [5.41, 5.74) is 0.828. The standard InChI is InChI=1S/C15H16FN3O/c1-19-9-8-17-14(19)13(18-15(20)11-2-3-11)10-4-6-12(16)7-5-10/h4-9,11,13H,2-3H2,1H3,(H,18,20)/t13-/m1/s1. The van der Waals surface area contributed by atoms with E-state index in [4.69, 9.17) is 0 Å². The van der Waals surface area contributed by atoms with Gasteiger partial charge in [0.1, 0.15) is 17.7 Å². The average Bonchev–Trinajstić information content (AvgIpc) is 3.20. The van der Waals surface area contributed by atoms with Crippen molar-refractivity contribution in [3.63, 3.8) is 0 Å². The van der Waals surface area contributed by atoms with Crippen molar-refractivity contribution in [2.24, 2.45) is 13.0 Å². The van der Waals surface area contributed by atoms with Crippen molar-refractivity contribution in [1.29, 1.82) is 0 Å². The molecule has 0 spiro atoms. The number of aromatic nitrogens is 2. The molecule has 1 heterocycles. The molecule has 0 bridgehead atoms. The van der Waals surface area contributed by atoms with Crippen LogP contribution in [0.25, 0.3) is 0 Å². The van der Waals surface area contributed by atoms with E-state index in [-0.39, 0.29) is 23.7 Å². The smallest absolute Gasteiger partial charge is 0.223 e. The summed E-state index contributed by atoms with van der Waals surface area (Å²) in [4.78, 5) is 16.3. The Bertz CT molecular complexity index is 616. The Labute approximate surface area is 116 Å². The van der Waals surface area contributed by atoms with E-state index >= 15 is 0 Å². The zero-order chi connectivity index (χ0) is 14.1. The summed E-state index contributed by atoms with van der Waals surface area (Å²) < 4.78 is 14.9. The first kappa shape index (κ1) is 12.8. The number of benzene rings is 1. The molecule has 0 unspecified atom stereocenters. The molecule has 1 fully saturated rings. The van der Waals surface area contributed by atoms with E-state index in [2.05, 4.69) is 10.3 Å². The van der Waals surface area contributed by atoms with Crippen LogP contribution in [0.15, 0.2) is 36.7 Å². The van der Waals surface area contributed by atoms with Crippen molar-refractivity contribution in [1.82, 2.24) is 14.9 Å². The first-order valence-corrected chi connectivity index (χ1v) is 6.68. The first-order valence-electron chi connectivity index (χ1n) is 6.68. The van der Waals surface area contributed by atoms with Crippen molar-refractivity contribution in [2.75, 3.05) is 0 Å². The number of imidazole rings is 1. The molecule has 5 heteroatoms. The van der Waals surface area contributed by atoms with E-state index in [1.54, 1.807) is 18.3 Å². The molecule has 3 rings (SSSR count). The highest BCUT2D eigenvalue weighted by molar-refractivity contribution is 5.81. The summed E-state index contributed by atoms with van der Waals surface area (Å²) in [6.07, 6.45) is 5.41. The second kappa shape index (κ2) is 5.07. The zero-order valence-electron chi connectivity index (χ0n) is 11.2. The molecule has 0 aliphatic heterocycles. The van der Waals surface area contributed by atoms with Crippen LogP contribution in [-0.4, -0.2) is 15.5 Å². The van der Waals surface area contributed by atoms with Gasteiger partial charge in [0.15, 0.2) is 0 Å². The van der Waals surface area contributed by atoms with Crippen LogP contribution in [-0.2, 0) is 11.8 Å². The third-order valence-corrected chi connectivity index (χ3v) is 3.55. The monoisotopic (exact) mass is 273 g/mol. The molecule has 20 heavy (non-hydrogen) atoms. The maximum absolute atomic E-state index is 13.1. The average molecular weight is 273 g/mol. The fourth-order valence-electron chi connectivity index (χ4n) is 2.21. The van der Waals surface area contributed by atoms with Crippen LogP contribution in [0.5, 0.6) is 0 Å². The molecule has 1 N–H and O–H groups in total. The Morgan fingerprint density at radius 3 is 2.65 bits per heavy atom. The maximum atomic E-state index is 13.1. The van der Waals surface area contributed by atoms with Crippen LogP contribution >= 0.6 is 0 Å². The van der Waals surface area contributed by atoms with Gasteiger partial charge >= 0.3 is 0 Å². The van der Waals surface area contributed by atoms with E-state index in [1.807, 2.05) is 17.8 Å². The van der Waals surface area contributed by atoms with Crippen LogP contribution < -0.4 is 5.32 Å². The molecule has 0 saturated heterocycles. The lowest BCUT2D eigenvalue weighted by atomic mass is 10.1. The number of aryl methyl sites for hydroxylation is 1. The predicted molar refractivity (Wildman–Crippen MR) is 72.3 cm³/mol. The second-order valence-corrected chi connectivity index (χ2v) is 5.16. The topological polar surface area (TPSA) is 46.9 Å². The van der Waals surface area contributed by atoms with Crippen molar-refractivity contribution >= 4 is 5.91 Å². The molecule has 1 aliphatic rings. The van der Waals surface area contributed by atoms with Crippen LogP contribution in [0.2, 0.25) is 0 Å². The minimum Gasteiger partial charge on any atom is -0.342 e. The summed E-state index contributed by atoms with van der Waals surface area (Å²) >= 11 is 0. The molecule has 1 aromatic heterocycles. The molecule has 0 radical (unpaired) electrons. The van der Waals surface area contributed by atoms with Crippen molar-refractivity contribution < 1.29 is 9.18 Å². The highest BCUT2D eigenvalue weighted by Gasteiger charge is 2.32. The fraction of sp³-hybridized carbons (Fsp3) is 0.333. The largest absolute Gasteiger partial charge is 0.342 e. The summed E-state index contributed by atoms with van der Waals surface area (Å²) in [6, 6.07) is 5.82. The Balaban J connectivity index is 1.92. The number of nitrogens with one attached hydrogen (secondary N) is 1. The molecular formula is C15H16FN3O. The third-order valence-electron chi connectivity index (χ3n) is 3.55. The van der Waals surface area contributed by atoms with E-state index < -0.39 is 0 Å². The Morgan fingerprint density at radius 1 is 1.40 bits per heavy atom. The Morgan fingerprint density at radius 2 is 2.10 bits per heavy atom. The van der Waals surface area contributed by atoms with Gasteiger partial charge in [-0.25, -0.2) is 9.37 Å². The van der Waals surface area contributed by atoms with Gasteiger partial charge in [0.05, 0.1) is 0 Å². The van der Waals surface area contributed by atoms with Crippen LogP contribution in [0, 0.1) is 11.7 Å². The minimum atomic E-state index is -0.344. The quantitative estimate of drug-likeness (QED) is 0.928. The lowest BCUT2D eigenvalue weighted by Crippen LogP contribution is -2.32. The molecule has 1 aromatic carbocycles. The number of carbonyl (C=O) groups excluding carboxylic acids is 1. The molecular weight excluding hydrogens is 257 g/mol. The Hall–Kier alpha value is -2.17. The first-order chi connectivity index (χ1) is 9.65. The van der Waals surface area contributed by atoms with Crippen molar-refractivity contribution in [2.45, 2.75) is 18.9 Å².